The Morgan fingerprint density at radius 1 is 1.20 bits per heavy atom. The van der Waals surface area contributed by atoms with Crippen LogP contribution in [0.4, 0.5) is 11.5 Å². The normalized spacial score (nSPS) is 10.3. The van der Waals surface area contributed by atoms with Gasteiger partial charge < -0.3 is 15.2 Å². The summed E-state index contributed by atoms with van der Waals surface area (Å²) in [7, 11) is 0. The lowest BCUT2D eigenvalue weighted by molar-refractivity contribution is 0.0690. The van der Waals surface area contributed by atoms with Gasteiger partial charge in [-0.25, -0.2) is 9.78 Å². The van der Waals surface area contributed by atoms with Gasteiger partial charge in [-0.3, -0.25) is 0 Å². The van der Waals surface area contributed by atoms with E-state index >= 15 is 0 Å². The van der Waals surface area contributed by atoms with Crippen molar-refractivity contribution in [2.75, 3.05) is 5.32 Å². The van der Waals surface area contributed by atoms with E-state index in [9.17, 15) is 4.79 Å². The third-order valence-corrected chi connectivity index (χ3v) is 2.47. The number of carboxylic acids is 1. The highest BCUT2D eigenvalue weighted by Crippen LogP contribution is 2.19. The molecule has 0 aliphatic carbocycles. The fourth-order valence-electron chi connectivity index (χ4n) is 1.66. The monoisotopic (exact) mass is 272 g/mol. The van der Waals surface area contributed by atoms with Crippen molar-refractivity contribution < 1.29 is 14.6 Å². The Labute approximate surface area is 117 Å². The van der Waals surface area contributed by atoms with E-state index in [2.05, 4.69) is 10.3 Å². The number of aromatic carboxylic acids is 1. The number of hydrogen-bond donors (Lipinski definition) is 2. The van der Waals surface area contributed by atoms with Crippen molar-refractivity contribution in [3.05, 3.63) is 48.2 Å². The first-order valence-corrected chi connectivity index (χ1v) is 6.28. The molecule has 0 aliphatic rings. The van der Waals surface area contributed by atoms with E-state index < -0.39 is 5.97 Å². The Kier molecular flexibility index (Phi) is 4.20. The molecule has 0 spiro atoms. The summed E-state index contributed by atoms with van der Waals surface area (Å²) in [6, 6.07) is 12.2. The summed E-state index contributed by atoms with van der Waals surface area (Å²) >= 11 is 0. The maximum Gasteiger partial charge on any atom is 0.354 e. The van der Waals surface area contributed by atoms with E-state index in [1.807, 2.05) is 38.1 Å². The number of nitrogens with zero attached hydrogens (tertiary/aromatic N) is 1. The SMILES string of the molecule is CC(C)Oc1ccc(Nc2cccc(C(=O)O)n2)cc1. The zero-order valence-electron chi connectivity index (χ0n) is 11.3. The van der Waals surface area contributed by atoms with Crippen LogP contribution in [-0.4, -0.2) is 22.2 Å². The summed E-state index contributed by atoms with van der Waals surface area (Å²) < 4.78 is 5.55. The minimum atomic E-state index is -1.05. The zero-order chi connectivity index (χ0) is 14.5. The molecule has 1 aromatic carbocycles. The lowest BCUT2D eigenvalue weighted by atomic mass is 10.3. The van der Waals surface area contributed by atoms with Crippen LogP contribution in [0.25, 0.3) is 0 Å². The minimum Gasteiger partial charge on any atom is -0.491 e. The lowest BCUT2D eigenvalue weighted by Gasteiger charge is -2.11. The summed E-state index contributed by atoms with van der Waals surface area (Å²) in [5.74, 6) is 0.231. The maximum atomic E-state index is 10.8. The van der Waals surface area contributed by atoms with Gasteiger partial charge in [-0.1, -0.05) is 6.07 Å². The Hall–Kier alpha value is -2.56. The van der Waals surface area contributed by atoms with Gasteiger partial charge in [0, 0.05) is 5.69 Å². The van der Waals surface area contributed by atoms with Gasteiger partial charge in [-0.15, -0.1) is 0 Å². The second-order valence-electron chi connectivity index (χ2n) is 4.53. The smallest absolute Gasteiger partial charge is 0.354 e. The number of ether oxygens (including phenoxy) is 1. The molecule has 0 saturated carbocycles. The van der Waals surface area contributed by atoms with Gasteiger partial charge in [0.25, 0.3) is 0 Å². The molecular weight excluding hydrogens is 256 g/mol. The third-order valence-electron chi connectivity index (χ3n) is 2.47. The van der Waals surface area contributed by atoms with E-state index in [0.29, 0.717) is 5.82 Å². The first kappa shape index (κ1) is 13.9. The van der Waals surface area contributed by atoms with Crippen LogP contribution in [0.2, 0.25) is 0 Å². The van der Waals surface area contributed by atoms with Crippen LogP contribution in [0.1, 0.15) is 24.3 Å². The molecule has 104 valence electrons. The number of nitrogens with one attached hydrogen (secondary N) is 1. The molecule has 2 aromatic rings. The standard InChI is InChI=1S/C15H16N2O3/c1-10(2)20-12-8-6-11(7-9-12)16-14-5-3-4-13(17-14)15(18)19/h3-10H,1-2H3,(H,16,17)(H,18,19). The predicted molar refractivity (Wildman–Crippen MR) is 76.7 cm³/mol. The molecule has 0 atom stereocenters. The second-order valence-corrected chi connectivity index (χ2v) is 4.53. The number of pyridine rings is 1. The van der Waals surface area contributed by atoms with Crippen molar-refractivity contribution in [1.29, 1.82) is 0 Å². The number of carboxylic acid groups (broad SMARTS) is 1. The van der Waals surface area contributed by atoms with Gasteiger partial charge in [0.1, 0.15) is 11.6 Å². The molecule has 5 heteroatoms. The van der Waals surface area contributed by atoms with E-state index in [1.165, 1.54) is 6.07 Å². The highest BCUT2D eigenvalue weighted by atomic mass is 16.5. The average molecular weight is 272 g/mol. The highest BCUT2D eigenvalue weighted by Gasteiger charge is 2.05. The summed E-state index contributed by atoms with van der Waals surface area (Å²) in [6.45, 7) is 3.93. The molecule has 0 aliphatic heterocycles. The zero-order valence-corrected chi connectivity index (χ0v) is 11.3. The van der Waals surface area contributed by atoms with E-state index in [0.717, 1.165) is 11.4 Å². The van der Waals surface area contributed by atoms with Gasteiger partial charge in [0.2, 0.25) is 0 Å². The fraction of sp³-hybridized carbons (Fsp3) is 0.200. The first-order valence-electron chi connectivity index (χ1n) is 6.28. The summed E-state index contributed by atoms with van der Waals surface area (Å²) in [6.07, 6.45) is 0.128. The van der Waals surface area contributed by atoms with Crippen molar-refractivity contribution >= 4 is 17.5 Å². The molecule has 0 unspecified atom stereocenters. The predicted octanol–water partition coefficient (Wildman–Crippen LogP) is 3.31. The molecule has 1 heterocycles. The van der Waals surface area contributed by atoms with Gasteiger partial charge in [-0.2, -0.15) is 0 Å². The summed E-state index contributed by atoms with van der Waals surface area (Å²) in [5.41, 5.74) is 0.825. The first-order chi connectivity index (χ1) is 9.54. The fourth-order valence-corrected chi connectivity index (χ4v) is 1.66. The quantitative estimate of drug-likeness (QED) is 0.873. The summed E-state index contributed by atoms with van der Waals surface area (Å²) in [4.78, 5) is 14.8. The molecule has 0 bridgehead atoms. The van der Waals surface area contributed by atoms with Gasteiger partial charge >= 0.3 is 5.97 Å². The number of anilines is 2. The van der Waals surface area contributed by atoms with Crippen LogP contribution < -0.4 is 10.1 Å². The molecule has 0 amide bonds. The van der Waals surface area contributed by atoms with Crippen LogP contribution in [0, 0.1) is 0 Å². The maximum absolute atomic E-state index is 10.8. The lowest BCUT2D eigenvalue weighted by Crippen LogP contribution is -2.05. The molecule has 0 saturated heterocycles. The average Bonchev–Trinajstić information content (AvgIpc) is 2.41. The molecule has 2 N–H and O–H groups in total. The second kappa shape index (κ2) is 6.06. The molecule has 0 radical (unpaired) electrons. The van der Waals surface area contributed by atoms with Gasteiger partial charge in [-0.05, 0) is 50.2 Å². The minimum absolute atomic E-state index is 0.00904. The molecule has 1 aromatic heterocycles. The molecule has 20 heavy (non-hydrogen) atoms. The van der Waals surface area contributed by atoms with Crippen molar-refractivity contribution in [3.8, 4) is 5.75 Å². The number of benzene rings is 1. The Morgan fingerprint density at radius 3 is 2.50 bits per heavy atom. The highest BCUT2D eigenvalue weighted by molar-refractivity contribution is 5.85. The topological polar surface area (TPSA) is 71.5 Å². The third kappa shape index (κ3) is 3.71. The van der Waals surface area contributed by atoms with Crippen LogP contribution in [-0.2, 0) is 0 Å². The number of carbonyl (C=O) groups is 1. The Morgan fingerprint density at radius 2 is 1.90 bits per heavy atom. The molecule has 2 rings (SSSR count). The van der Waals surface area contributed by atoms with Crippen LogP contribution in [0.5, 0.6) is 5.75 Å². The number of rotatable bonds is 5. The van der Waals surface area contributed by atoms with Crippen LogP contribution in [0.15, 0.2) is 42.5 Å². The van der Waals surface area contributed by atoms with Crippen molar-refractivity contribution in [2.45, 2.75) is 20.0 Å². The molecule has 0 fully saturated rings. The van der Waals surface area contributed by atoms with E-state index in [-0.39, 0.29) is 11.8 Å². The van der Waals surface area contributed by atoms with Crippen LogP contribution in [0.3, 0.4) is 0 Å². The number of aromatic nitrogens is 1. The Balaban J connectivity index is 2.10. The van der Waals surface area contributed by atoms with Crippen LogP contribution >= 0.6 is 0 Å². The molecule has 5 nitrogen and oxygen atoms in total. The van der Waals surface area contributed by atoms with E-state index in [1.54, 1.807) is 12.1 Å². The van der Waals surface area contributed by atoms with Gasteiger partial charge in [0.05, 0.1) is 6.10 Å². The molecular formula is C15H16N2O3. The van der Waals surface area contributed by atoms with E-state index in [4.69, 9.17) is 9.84 Å². The number of hydrogen-bond acceptors (Lipinski definition) is 4. The van der Waals surface area contributed by atoms with Gasteiger partial charge in [0.15, 0.2) is 5.69 Å². The Bertz CT molecular complexity index is 594. The van der Waals surface area contributed by atoms with Crippen molar-refractivity contribution in [2.24, 2.45) is 0 Å². The van der Waals surface area contributed by atoms with Crippen molar-refractivity contribution in [3.63, 3.8) is 0 Å². The largest absolute Gasteiger partial charge is 0.491 e. The summed E-state index contributed by atoms with van der Waals surface area (Å²) in [5, 5.41) is 11.9. The van der Waals surface area contributed by atoms with Crippen molar-refractivity contribution in [1.82, 2.24) is 4.98 Å².